The van der Waals surface area contributed by atoms with Crippen molar-refractivity contribution in [2.75, 3.05) is 23.7 Å². The van der Waals surface area contributed by atoms with E-state index in [0.717, 1.165) is 41.3 Å². The van der Waals surface area contributed by atoms with E-state index in [9.17, 15) is 5.11 Å². The fourth-order valence-electron chi connectivity index (χ4n) is 2.73. The molecule has 1 saturated heterocycles. The first-order valence-corrected chi connectivity index (χ1v) is 8.37. The molecule has 1 fully saturated rings. The average Bonchev–Trinajstić information content (AvgIpc) is 2.37. The van der Waals surface area contributed by atoms with E-state index in [1.807, 2.05) is 13.0 Å². The highest BCUT2D eigenvalue weighted by Crippen LogP contribution is 2.33. The summed E-state index contributed by atoms with van der Waals surface area (Å²) in [7, 11) is 0. The molecule has 0 spiro atoms. The van der Waals surface area contributed by atoms with Gasteiger partial charge in [0.1, 0.15) is 4.99 Å². The smallest absolute Gasteiger partial charge is 0.107 e. The lowest BCUT2D eigenvalue weighted by Crippen LogP contribution is -2.46. The molecular formula is C15H22N2OS2. The minimum atomic E-state index is -0.639. The second-order valence-electron chi connectivity index (χ2n) is 5.47. The lowest BCUT2D eigenvalue weighted by Gasteiger charge is -2.39. The van der Waals surface area contributed by atoms with Gasteiger partial charge in [-0.25, -0.2) is 0 Å². The maximum Gasteiger partial charge on any atom is 0.107 e. The molecule has 1 aliphatic heterocycles. The van der Waals surface area contributed by atoms with Crippen molar-refractivity contribution in [2.24, 2.45) is 5.73 Å². The predicted molar refractivity (Wildman–Crippen MR) is 90.8 cm³/mol. The van der Waals surface area contributed by atoms with Crippen LogP contribution >= 0.6 is 24.0 Å². The van der Waals surface area contributed by atoms with Crippen molar-refractivity contribution in [1.82, 2.24) is 0 Å². The second kappa shape index (κ2) is 6.33. The summed E-state index contributed by atoms with van der Waals surface area (Å²) in [5.41, 5.74) is 7.31. The molecule has 3 N–H and O–H groups in total. The van der Waals surface area contributed by atoms with Crippen LogP contribution in [0.25, 0.3) is 0 Å². The highest BCUT2D eigenvalue weighted by atomic mass is 32.2. The highest BCUT2D eigenvalue weighted by molar-refractivity contribution is 7.99. The summed E-state index contributed by atoms with van der Waals surface area (Å²) >= 11 is 7.00. The number of benzene rings is 1. The van der Waals surface area contributed by atoms with Crippen molar-refractivity contribution in [2.45, 2.75) is 37.2 Å². The van der Waals surface area contributed by atoms with Gasteiger partial charge >= 0.3 is 0 Å². The zero-order chi connectivity index (χ0) is 14.8. The van der Waals surface area contributed by atoms with Gasteiger partial charge in [-0.2, -0.15) is 0 Å². The van der Waals surface area contributed by atoms with Crippen LogP contribution in [0.5, 0.6) is 0 Å². The molecule has 0 saturated carbocycles. The van der Waals surface area contributed by atoms with Crippen molar-refractivity contribution in [3.05, 3.63) is 23.8 Å². The van der Waals surface area contributed by atoms with Crippen molar-refractivity contribution in [3.63, 3.8) is 0 Å². The van der Waals surface area contributed by atoms with E-state index in [4.69, 9.17) is 18.0 Å². The number of thioether (sulfide) groups is 1. The maximum atomic E-state index is 10.3. The van der Waals surface area contributed by atoms with Crippen molar-refractivity contribution in [3.8, 4) is 0 Å². The molecule has 110 valence electrons. The number of hydrogen-bond acceptors (Lipinski definition) is 4. The zero-order valence-corrected chi connectivity index (χ0v) is 13.7. The summed E-state index contributed by atoms with van der Waals surface area (Å²) < 4.78 is 0. The number of piperidine rings is 1. The molecule has 1 aliphatic rings. The quantitative estimate of drug-likeness (QED) is 0.661. The van der Waals surface area contributed by atoms with Gasteiger partial charge in [-0.05, 0) is 37.7 Å². The number of aliphatic hydroxyl groups is 1. The molecule has 1 atom stereocenters. The summed E-state index contributed by atoms with van der Waals surface area (Å²) in [6, 6.07) is 6.16. The van der Waals surface area contributed by atoms with Gasteiger partial charge in [0.25, 0.3) is 0 Å². The molecule has 0 aromatic heterocycles. The van der Waals surface area contributed by atoms with Crippen LogP contribution in [0.15, 0.2) is 23.1 Å². The van der Waals surface area contributed by atoms with Gasteiger partial charge in [-0.3, -0.25) is 0 Å². The van der Waals surface area contributed by atoms with Crippen LogP contribution in [0, 0.1) is 0 Å². The van der Waals surface area contributed by atoms with Crippen LogP contribution in [0.4, 0.5) is 5.69 Å². The van der Waals surface area contributed by atoms with Gasteiger partial charge < -0.3 is 15.7 Å². The largest absolute Gasteiger partial charge is 0.389 e. The number of hydrogen-bond donors (Lipinski definition) is 2. The van der Waals surface area contributed by atoms with Crippen LogP contribution in [0.3, 0.4) is 0 Å². The van der Waals surface area contributed by atoms with Gasteiger partial charge in [0.2, 0.25) is 0 Å². The highest BCUT2D eigenvalue weighted by Gasteiger charge is 2.30. The Balaban J connectivity index is 2.40. The molecule has 0 amide bonds. The normalized spacial score (nSPS) is 22.9. The van der Waals surface area contributed by atoms with E-state index in [2.05, 4.69) is 24.0 Å². The molecule has 1 aromatic rings. The Hall–Kier alpha value is -0.780. The standard InChI is InChI=1S/C15H22N2OS2/c1-3-20-12-7-4-6-11(13(12)14(16)19)17-9-5-8-15(2,18)10-17/h4,6-7,18H,3,5,8-10H2,1-2H3,(H2,16,19). The van der Waals surface area contributed by atoms with Crippen molar-refractivity contribution >= 4 is 34.7 Å². The number of thiocarbonyl (C=S) groups is 1. The fourth-order valence-corrected chi connectivity index (χ4v) is 3.86. The Morgan fingerprint density at radius 3 is 2.90 bits per heavy atom. The van der Waals surface area contributed by atoms with Crippen LogP contribution < -0.4 is 10.6 Å². The summed E-state index contributed by atoms with van der Waals surface area (Å²) in [6.45, 7) is 5.57. The first-order chi connectivity index (χ1) is 9.44. The molecule has 5 heteroatoms. The van der Waals surface area contributed by atoms with Crippen LogP contribution in [-0.4, -0.2) is 34.5 Å². The molecule has 0 aliphatic carbocycles. The van der Waals surface area contributed by atoms with Crippen molar-refractivity contribution < 1.29 is 5.11 Å². The number of β-amino-alcohol motifs (C(OH)–C–C–N with tert-alkyl or cyclic N) is 1. The van der Waals surface area contributed by atoms with Crippen LogP contribution in [0.2, 0.25) is 0 Å². The van der Waals surface area contributed by atoms with E-state index in [1.54, 1.807) is 11.8 Å². The molecule has 1 unspecified atom stereocenters. The first kappa shape index (κ1) is 15.6. The third-order valence-corrected chi connectivity index (χ3v) is 4.71. The second-order valence-corrected chi connectivity index (χ2v) is 7.22. The third kappa shape index (κ3) is 3.45. The molecule has 1 aromatic carbocycles. The minimum Gasteiger partial charge on any atom is -0.389 e. The molecule has 2 rings (SSSR count). The average molecular weight is 310 g/mol. The zero-order valence-electron chi connectivity index (χ0n) is 12.1. The topological polar surface area (TPSA) is 49.5 Å². The van der Waals surface area contributed by atoms with Gasteiger partial charge in [0.15, 0.2) is 0 Å². The van der Waals surface area contributed by atoms with Gasteiger partial charge in [-0.15, -0.1) is 11.8 Å². The van der Waals surface area contributed by atoms with E-state index < -0.39 is 5.60 Å². The summed E-state index contributed by atoms with van der Waals surface area (Å²) in [4.78, 5) is 3.77. The Labute approximate surface area is 130 Å². The predicted octanol–water partition coefficient (Wildman–Crippen LogP) is 2.78. The Morgan fingerprint density at radius 1 is 1.55 bits per heavy atom. The SMILES string of the molecule is CCSc1cccc(N2CCCC(C)(O)C2)c1C(N)=S. The maximum absolute atomic E-state index is 10.3. The van der Waals surface area contributed by atoms with Crippen LogP contribution in [0.1, 0.15) is 32.3 Å². The van der Waals surface area contributed by atoms with Gasteiger partial charge in [0.05, 0.1) is 5.60 Å². The number of rotatable bonds is 4. The lowest BCUT2D eigenvalue weighted by molar-refractivity contribution is 0.0449. The number of nitrogens with zero attached hydrogens (tertiary/aromatic N) is 1. The fraction of sp³-hybridized carbons (Fsp3) is 0.533. The summed E-state index contributed by atoms with van der Waals surface area (Å²) in [5, 5.41) is 10.3. The minimum absolute atomic E-state index is 0.432. The third-order valence-electron chi connectivity index (χ3n) is 3.57. The summed E-state index contributed by atoms with van der Waals surface area (Å²) in [5.74, 6) is 0.983. The molecule has 20 heavy (non-hydrogen) atoms. The first-order valence-electron chi connectivity index (χ1n) is 6.97. The Morgan fingerprint density at radius 2 is 2.30 bits per heavy atom. The van der Waals surface area contributed by atoms with Crippen molar-refractivity contribution in [1.29, 1.82) is 0 Å². The molecular weight excluding hydrogens is 288 g/mol. The van der Waals surface area contributed by atoms with E-state index in [0.29, 0.717) is 11.5 Å². The van der Waals surface area contributed by atoms with Gasteiger partial charge in [-0.1, -0.05) is 25.2 Å². The Bertz CT molecular complexity index is 503. The monoisotopic (exact) mass is 310 g/mol. The van der Waals surface area contributed by atoms with Crippen LogP contribution in [-0.2, 0) is 0 Å². The van der Waals surface area contributed by atoms with E-state index in [1.165, 1.54) is 0 Å². The number of nitrogens with two attached hydrogens (primary N) is 1. The number of anilines is 1. The Kier molecular flexibility index (Phi) is 4.94. The molecule has 3 nitrogen and oxygen atoms in total. The summed E-state index contributed by atoms with van der Waals surface area (Å²) in [6.07, 6.45) is 1.82. The molecule has 0 radical (unpaired) electrons. The van der Waals surface area contributed by atoms with E-state index in [-0.39, 0.29) is 0 Å². The van der Waals surface area contributed by atoms with E-state index >= 15 is 0 Å². The lowest BCUT2D eigenvalue weighted by atomic mass is 9.94. The van der Waals surface area contributed by atoms with Gasteiger partial charge in [0, 0.05) is 29.2 Å². The molecule has 0 bridgehead atoms. The molecule has 1 heterocycles.